The molecule has 2 heterocycles. The molecule has 8 heteroatoms. The van der Waals surface area contributed by atoms with Crippen LogP contribution in [-0.2, 0) is 0 Å². The number of fused-ring (bicyclic) bond motifs is 6. The first kappa shape index (κ1) is 28.5. The van der Waals surface area contributed by atoms with Gasteiger partial charge in [-0.15, -0.1) is 0 Å². The van der Waals surface area contributed by atoms with Crippen LogP contribution < -0.4 is 0 Å². The van der Waals surface area contributed by atoms with Crippen LogP contribution in [0.25, 0.3) is 66.1 Å². The van der Waals surface area contributed by atoms with E-state index in [2.05, 4.69) is 6.07 Å². The molecule has 0 radical (unpaired) electrons. The molecule has 2 aromatic heterocycles. The predicted octanol–water partition coefficient (Wildman–Crippen LogP) is 10.7. The molecule has 0 spiro atoms. The van der Waals surface area contributed by atoms with Crippen molar-refractivity contribution in [1.29, 1.82) is 5.26 Å². The van der Waals surface area contributed by atoms with E-state index in [1.807, 2.05) is 108 Å². The molecule has 0 atom stereocenters. The van der Waals surface area contributed by atoms with Gasteiger partial charge in [0.1, 0.15) is 0 Å². The van der Waals surface area contributed by atoms with E-state index in [4.69, 9.17) is 0 Å². The number of aromatic nitrogens is 2. The average Bonchev–Trinajstić information content (AvgIpc) is 3.58. The second-order valence-corrected chi connectivity index (χ2v) is 11.7. The highest BCUT2D eigenvalue weighted by Crippen LogP contribution is 2.42. The Morgan fingerprint density at radius 3 is 1.40 bits per heavy atom. The summed E-state index contributed by atoms with van der Waals surface area (Å²) >= 11 is 0. The first-order valence-corrected chi connectivity index (χ1v) is 14.8. The zero-order chi connectivity index (χ0) is 32.7. The van der Waals surface area contributed by atoms with Crippen molar-refractivity contribution >= 4 is 43.6 Å². The molecule has 47 heavy (non-hydrogen) atoms. The summed E-state index contributed by atoms with van der Waals surface area (Å²) in [5.41, 5.74) is 4.17. The SMILES string of the molecule is Cc1ccc2c(c1)c1ccccc1n2-c1cc(C#N)c(-c2c(F)c(F)c(F)c(F)c2F)cc1-n1c2ccccc2c2cc(C)ccc21. The highest BCUT2D eigenvalue weighted by atomic mass is 19.2. The molecule has 0 bridgehead atoms. The standard InChI is InChI=1S/C39H22F5N3/c1-20-11-13-30-26(15-20)23-7-3-5-9-28(23)46(30)32-17-22(19-45)25(34-35(40)37(42)39(44)38(43)36(34)41)18-33(32)47-29-10-6-4-8-24(29)27-16-21(2)12-14-31(27)47/h3-18H,1-2H3. The number of nitriles is 1. The third-order valence-corrected chi connectivity index (χ3v) is 8.85. The number of nitrogens with zero attached hydrogens (tertiary/aromatic N) is 3. The predicted molar refractivity (Wildman–Crippen MR) is 175 cm³/mol. The monoisotopic (exact) mass is 627 g/mol. The number of hydrogen-bond donors (Lipinski definition) is 0. The maximum absolute atomic E-state index is 15.4. The topological polar surface area (TPSA) is 33.6 Å². The summed E-state index contributed by atoms with van der Waals surface area (Å²) in [4.78, 5) is 0. The smallest absolute Gasteiger partial charge is 0.200 e. The minimum atomic E-state index is -2.27. The van der Waals surface area contributed by atoms with Crippen molar-refractivity contribution in [3.63, 3.8) is 0 Å². The van der Waals surface area contributed by atoms with E-state index in [0.29, 0.717) is 11.4 Å². The van der Waals surface area contributed by atoms with Crippen LogP contribution in [0.5, 0.6) is 0 Å². The van der Waals surface area contributed by atoms with Crippen LogP contribution in [0.1, 0.15) is 16.7 Å². The molecule has 0 unspecified atom stereocenters. The summed E-state index contributed by atoms with van der Waals surface area (Å²) in [5, 5.41) is 14.1. The van der Waals surface area contributed by atoms with Gasteiger partial charge in [0.15, 0.2) is 23.3 Å². The first-order valence-electron chi connectivity index (χ1n) is 14.8. The van der Waals surface area contributed by atoms with Crippen molar-refractivity contribution in [3.8, 4) is 28.6 Å². The van der Waals surface area contributed by atoms with Gasteiger partial charge < -0.3 is 9.13 Å². The fraction of sp³-hybridized carbons (Fsp3) is 0.0513. The lowest BCUT2D eigenvalue weighted by molar-refractivity contribution is 0.381. The Morgan fingerprint density at radius 2 is 0.915 bits per heavy atom. The Hall–Kier alpha value is -5.94. The second kappa shape index (κ2) is 10.3. The molecule has 0 N–H and O–H groups in total. The third kappa shape index (κ3) is 4.03. The summed E-state index contributed by atoms with van der Waals surface area (Å²) in [5.74, 6) is -10.5. The van der Waals surface area contributed by atoms with Crippen LogP contribution in [-0.4, -0.2) is 9.13 Å². The van der Waals surface area contributed by atoms with Crippen molar-refractivity contribution < 1.29 is 22.0 Å². The fourth-order valence-corrected chi connectivity index (χ4v) is 6.77. The van der Waals surface area contributed by atoms with E-state index in [-0.39, 0.29) is 5.56 Å². The van der Waals surface area contributed by atoms with E-state index in [1.165, 1.54) is 12.1 Å². The van der Waals surface area contributed by atoms with Gasteiger partial charge in [-0.05, 0) is 62.4 Å². The highest BCUT2D eigenvalue weighted by Gasteiger charge is 2.30. The fourth-order valence-electron chi connectivity index (χ4n) is 6.77. The van der Waals surface area contributed by atoms with Crippen LogP contribution in [0.15, 0.2) is 97.1 Å². The number of halogens is 5. The van der Waals surface area contributed by atoms with Crippen molar-refractivity contribution in [2.45, 2.75) is 13.8 Å². The van der Waals surface area contributed by atoms with Gasteiger partial charge in [-0.25, -0.2) is 22.0 Å². The van der Waals surface area contributed by atoms with Crippen LogP contribution in [0.2, 0.25) is 0 Å². The van der Waals surface area contributed by atoms with Crippen LogP contribution in [0.4, 0.5) is 22.0 Å². The highest BCUT2D eigenvalue weighted by molar-refractivity contribution is 6.12. The number of hydrogen-bond acceptors (Lipinski definition) is 1. The molecule has 6 aromatic carbocycles. The largest absolute Gasteiger partial charge is 0.307 e. The molecule has 0 saturated heterocycles. The lowest BCUT2D eigenvalue weighted by Gasteiger charge is -2.20. The van der Waals surface area contributed by atoms with Crippen molar-refractivity contribution in [2.24, 2.45) is 0 Å². The number of benzene rings is 6. The molecule has 0 aliphatic heterocycles. The molecular weight excluding hydrogens is 605 g/mol. The Kier molecular flexibility index (Phi) is 6.25. The lowest BCUT2D eigenvalue weighted by Crippen LogP contribution is -2.08. The van der Waals surface area contributed by atoms with E-state index in [1.54, 1.807) is 0 Å². The van der Waals surface area contributed by atoms with Gasteiger partial charge in [0.2, 0.25) is 5.82 Å². The van der Waals surface area contributed by atoms with E-state index in [9.17, 15) is 18.4 Å². The maximum Gasteiger partial charge on any atom is 0.200 e. The van der Waals surface area contributed by atoms with E-state index < -0.39 is 40.2 Å². The lowest BCUT2D eigenvalue weighted by atomic mass is 9.96. The van der Waals surface area contributed by atoms with Crippen molar-refractivity contribution in [3.05, 3.63) is 143 Å². The summed E-state index contributed by atoms with van der Waals surface area (Å²) < 4.78 is 78.0. The quantitative estimate of drug-likeness (QED) is 0.109. The Bertz CT molecular complexity index is 2650. The summed E-state index contributed by atoms with van der Waals surface area (Å²) in [6.45, 7) is 3.96. The Labute approximate surface area is 264 Å². The minimum Gasteiger partial charge on any atom is -0.307 e. The average molecular weight is 628 g/mol. The summed E-state index contributed by atoms with van der Waals surface area (Å²) in [6, 6.07) is 32.1. The van der Waals surface area contributed by atoms with Crippen molar-refractivity contribution in [2.75, 3.05) is 0 Å². The summed E-state index contributed by atoms with van der Waals surface area (Å²) in [7, 11) is 0. The minimum absolute atomic E-state index is 0.262. The van der Waals surface area contributed by atoms with Gasteiger partial charge in [0.25, 0.3) is 0 Å². The second-order valence-electron chi connectivity index (χ2n) is 11.7. The molecule has 0 aliphatic rings. The van der Waals surface area contributed by atoms with Gasteiger partial charge in [0, 0.05) is 27.1 Å². The van der Waals surface area contributed by atoms with Gasteiger partial charge in [-0.3, -0.25) is 0 Å². The van der Waals surface area contributed by atoms with Crippen LogP contribution in [0.3, 0.4) is 0 Å². The zero-order valence-corrected chi connectivity index (χ0v) is 25.0. The zero-order valence-electron chi connectivity index (χ0n) is 25.0. The molecule has 0 amide bonds. The van der Waals surface area contributed by atoms with Gasteiger partial charge >= 0.3 is 0 Å². The molecule has 3 nitrogen and oxygen atoms in total. The summed E-state index contributed by atoms with van der Waals surface area (Å²) in [6.07, 6.45) is 0. The van der Waals surface area contributed by atoms with Gasteiger partial charge in [-0.2, -0.15) is 5.26 Å². The molecule has 0 aliphatic carbocycles. The van der Waals surface area contributed by atoms with Gasteiger partial charge in [-0.1, -0.05) is 59.7 Å². The van der Waals surface area contributed by atoms with E-state index in [0.717, 1.165) is 54.7 Å². The molecule has 0 fully saturated rings. The number of aryl methyl sites for hydroxylation is 2. The van der Waals surface area contributed by atoms with Crippen LogP contribution >= 0.6 is 0 Å². The normalized spacial score (nSPS) is 11.7. The van der Waals surface area contributed by atoms with Crippen molar-refractivity contribution in [1.82, 2.24) is 9.13 Å². The van der Waals surface area contributed by atoms with Crippen LogP contribution in [0, 0.1) is 54.3 Å². The maximum atomic E-state index is 15.4. The number of rotatable bonds is 3. The molecule has 8 rings (SSSR count). The number of para-hydroxylation sites is 2. The molecule has 8 aromatic rings. The molecule has 228 valence electrons. The Balaban J connectivity index is 1.61. The third-order valence-electron chi connectivity index (χ3n) is 8.85. The van der Waals surface area contributed by atoms with Gasteiger partial charge in [0.05, 0.1) is 50.6 Å². The first-order chi connectivity index (χ1) is 22.7. The van der Waals surface area contributed by atoms with E-state index >= 15 is 8.78 Å². The molecular formula is C39H22F5N3. The Morgan fingerprint density at radius 1 is 0.489 bits per heavy atom. The molecule has 0 saturated carbocycles.